The normalized spacial score (nSPS) is 17.3. The molecule has 1 fully saturated rings. The summed E-state index contributed by atoms with van der Waals surface area (Å²) in [4.78, 5) is 31.2. The average Bonchev–Trinajstić information content (AvgIpc) is 2.79. The van der Waals surface area contributed by atoms with Gasteiger partial charge in [0.1, 0.15) is 0 Å². The topological polar surface area (TPSA) is 65.6 Å². The van der Waals surface area contributed by atoms with Crippen LogP contribution in [0.15, 0.2) is 4.79 Å². The van der Waals surface area contributed by atoms with E-state index in [0.717, 1.165) is 30.8 Å². The SMILES string of the molecule is COC(=O)Cc1[nH]c(=O)sc1CN(C)C1CCN(C)CC1. The number of carbonyl (C=O) groups excluding carboxylic acids is 1. The highest BCUT2D eigenvalue weighted by Gasteiger charge is 2.22. The zero-order valence-corrected chi connectivity index (χ0v) is 13.7. The van der Waals surface area contributed by atoms with Crippen LogP contribution in [0.25, 0.3) is 0 Å². The number of aromatic amines is 1. The number of rotatable bonds is 5. The molecule has 0 aliphatic carbocycles. The molecule has 0 aromatic carbocycles. The first-order valence-corrected chi connectivity index (χ1v) is 7.97. The molecule has 1 aromatic rings. The maximum Gasteiger partial charge on any atom is 0.311 e. The summed E-state index contributed by atoms with van der Waals surface area (Å²) in [6.07, 6.45) is 2.41. The number of piperidine rings is 1. The van der Waals surface area contributed by atoms with Crippen molar-refractivity contribution < 1.29 is 9.53 Å². The minimum Gasteiger partial charge on any atom is -0.469 e. The number of nitrogens with one attached hydrogen (secondary N) is 1. The summed E-state index contributed by atoms with van der Waals surface area (Å²) in [5.41, 5.74) is 0.691. The van der Waals surface area contributed by atoms with Crippen LogP contribution in [0, 0.1) is 0 Å². The van der Waals surface area contributed by atoms with E-state index < -0.39 is 0 Å². The molecule has 1 aromatic heterocycles. The fraction of sp³-hybridized carbons (Fsp3) is 0.714. The summed E-state index contributed by atoms with van der Waals surface area (Å²) < 4.78 is 4.68. The second kappa shape index (κ2) is 7.20. The first kappa shape index (κ1) is 16.2. The van der Waals surface area contributed by atoms with E-state index in [1.807, 2.05) is 0 Å². The lowest BCUT2D eigenvalue weighted by atomic mass is 10.0. The second-order valence-electron chi connectivity index (χ2n) is 5.62. The van der Waals surface area contributed by atoms with E-state index >= 15 is 0 Å². The molecule has 1 aliphatic heterocycles. The van der Waals surface area contributed by atoms with Gasteiger partial charge in [0.2, 0.25) is 0 Å². The van der Waals surface area contributed by atoms with Crippen molar-refractivity contribution in [1.82, 2.24) is 14.8 Å². The van der Waals surface area contributed by atoms with Gasteiger partial charge in [-0.1, -0.05) is 11.3 Å². The Morgan fingerprint density at radius 1 is 1.48 bits per heavy atom. The van der Waals surface area contributed by atoms with Crippen molar-refractivity contribution in [3.8, 4) is 0 Å². The Kier molecular flexibility index (Phi) is 5.55. The molecule has 1 N–H and O–H groups in total. The number of hydrogen-bond donors (Lipinski definition) is 1. The number of carbonyl (C=O) groups is 1. The first-order valence-electron chi connectivity index (χ1n) is 7.16. The van der Waals surface area contributed by atoms with Crippen LogP contribution >= 0.6 is 11.3 Å². The summed E-state index contributed by atoms with van der Waals surface area (Å²) in [7, 11) is 5.59. The average molecular weight is 313 g/mol. The molecule has 0 atom stereocenters. The van der Waals surface area contributed by atoms with Gasteiger partial charge in [-0.05, 0) is 40.0 Å². The standard InChI is InChI=1S/C14H23N3O3S/c1-16-6-4-10(5-7-16)17(2)9-12-11(8-13(18)20-3)15-14(19)21-12/h10H,4-9H2,1-3H3,(H,15,19). The van der Waals surface area contributed by atoms with Gasteiger partial charge in [-0.25, -0.2) is 0 Å². The van der Waals surface area contributed by atoms with E-state index in [4.69, 9.17) is 0 Å². The third kappa shape index (κ3) is 4.39. The van der Waals surface area contributed by atoms with Gasteiger partial charge in [0.25, 0.3) is 0 Å². The second-order valence-corrected chi connectivity index (χ2v) is 6.69. The van der Waals surface area contributed by atoms with E-state index in [-0.39, 0.29) is 17.3 Å². The summed E-state index contributed by atoms with van der Waals surface area (Å²) in [6, 6.07) is 0.532. The molecule has 21 heavy (non-hydrogen) atoms. The van der Waals surface area contributed by atoms with Gasteiger partial charge < -0.3 is 14.6 Å². The smallest absolute Gasteiger partial charge is 0.311 e. The Morgan fingerprint density at radius 3 is 2.76 bits per heavy atom. The molecule has 0 bridgehead atoms. The van der Waals surface area contributed by atoms with Crippen molar-refractivity contribution >= 4 is 17.3 Å². The van der Waals surface area contributed by atoms with Crippen molar-refractivity contribution in [2.45, 2.75) is 31.8 Å². The van der Waals surface area contributed by atoms with E-state index in [0.29, 0.717) is 18.3 Å². The molecule has 2 heterocycles. The van der Waals surface area contributed by atoms with Crippen LogP contribution in [-0.2, 0) is 22.5 Å². The molecular weight excluding hydrogens is 290 g/mol. The number of methoxy groups -OCH3 is 1. The van der Waals surface area contributed by atoms with E-state index in [9.17, 15) is 9.59 Å². The number of likely N-dealkylation sites (tertiary alicyclic amines) is 1. The number of ether oxygens (including phenoxy) is 1. The third-order valence-electron chi connectivity index (χ3n) is 4.06. The zero-order chi connectivity index (χ0) is 15.4. The Labute approximate surface area is 128 Å². The monoisotopic (exact) mass is 313 g/mol. The fourth-order valence-corrected chi connectivity index (χ4v) is 3.58. The highest BCUT2D eigenvalue weighted by atomic mass is 32.1. The molecule has 0 radical (unpaired) electrons. The lowest BCUT2D eigenvalue weighted by Crippen LogP contribution is -2.41. The van der Waals surface area contributed by atoms with Crippen LogP contribution in [0.2, 0.25) is 0 Å². The lowest BCUT2D eigenvalue weighted by molar-refractivity contribution is -0.139. The predicted molar refractivity (Wildman–Crippen MR) is 82.6 cm³/mol. The van der Waals surface area contributed by atoms with Gasteiger partial charge in [0.15, 0.2) is 0 Å². The molecule has 6 nitrogen and oxygen atoms in total. The lowest BCUT2D eigenvalue weighted by Gasteiger charge is -2.35. The number of esters is 1. The highest BCUT2D eigenvalue weighted by molar-refractivity contribution is 7.09. The molecule has 118 valence electrons. The summed E-state index contributed by atoms with van der Waals surface area (Å²) in [6.45, 7) is 2.91. The van der Waals surface area contributed by atoms with Crippen LogP contribution in [0.4, 0.5) is 0 Å². The summed E-state index contributed by atoms with van der Waals surface area (Å²) in [5, 5.41) is 0. The predicted octanol–water partition coefficient (Wildman–Crippen LogP) is 0.678. The fourth-order valence-electron chi connectivity index (χ4n) is 2.67. The van der Waals surface area contributed by atoms with Crippen molar-refractivity contribution in [3.63, 3.8) is 0 Å². The maximum absolute atomic E-state index is 11.6. The van der Waals surface area contributed by atoms with Crippen LogP contribution in [0.5, 0.6) is 0 Å². The van der Waals surface area contributed by atoms with E-state index in [1.165, 1.54) is 18.4 Å². The Bertz CT molecular complexity index is 532. The molecule has 7 heteroatoms. The van der Waals surface area contributed by atoms with Crippen molar-refractivity contribution in [2.24, 2.45) is 0 Å². The largest absolute Gasteiger partial charge is 0.469 e. The van der Waals surface area contributed by atoms with Crippen LogP contribution in [-0.4, -0.2) is 61.1 Å². The molecule has 0 unspecified atom stereocenters. The van der Waals surface area contributed by atoms with Gasteiger partial charge in [-0.2, -0.15) is 0 Å². The molecule has 0 amide bonds. The summed E-state index contributed by atoms with van der Waals surface area (Å²) >= 11 is 1.19. The Hall–Kier alpha value is -1.18. The minimum atomic E-state index is -0.327. The number of H-pyrrole nitrogens is 1. The maximum atomic E-state index is 11.6. The number of hydrogen-bond acceptors (Lipinski definition) is 6. The van der Waals surface area contributed by atoms with E-state index in [2.05, 4.69) is 33.6 Å². The van der Waals surface area contributed by atoms with Gasteiger partial charge in [0.05, 0.1) is 13.5 Å². The molecule has 1 aliphatic rings. The van der Waals surface area contributed by atoms with Gasteiger partial charge in [-0.15, -0.1) is 0 Å². The number of thiazole rings is 1. The van der Waals surface area contributed by atoms with Crippen LogP contribution in [0.1, 0.15) is 23.4 Å². The van der Waals surface area contributed by atoms with Gasteiger partial charge in [-0.3, -0.25) is 14.5 Å². The first-order chi connectivity index (χ1) is 9.99. The molecule has 0 spiro atoms. The summed E-state index contributed by atoms with van der Waals surface area (Å²) in [5.74, 6) is -0.327. The Balaban J connectivity index is 2.01. The quantitative estimate of drug-likeness (QED) is 0.810. The number of aromatic nitrogens is 1. The van der Waals surface area contributed by atoms with Crippen LogP contribution < -0.4 is 4.87 Å². The molecule has 2 rings (SSSR count). The van der Waals surface area contributed by atoms with Crippen LogP contribution in [0.3, 0.4) is 0 Å². The number of nitrogens with zero attached hydrogens (tertiary/aromatic N) is 2. The molecule has 0 saturated carbocycles. The van der Waals surface area contributed by atoms with Crippen molar-refractivity contribution in [3.05, 3.63) is 20.2 Å². The van der Waals surface area contributed by atoms with Gasteiger partial charge in [0, 0.05) is 23.2 Å². The Morgan fingerprint density at radius 2 is 2.14 bits per heavy atom. The highest BCUT2D eigenvalue weighted by Crippen LogP contribution is 2.19. The minimum absolute atomic E-state index is 0.110. The van der Waals surface area contributed by atoms with Crippen molar-refractivity contribution in [2.75, 3.05) is 34.3 Å². The molecule has 1 saturated heterocycles. The van der Waals surface area contributed by atoms with Crippen molar-refractivity contribution in [1.29, 1.82) is 0 Å². The van der Waals surface area contributed by atoms with Gasteiger partial charge >= 0.3 is 10.8 Å². The third-order valence-corrected chi connectivity index (χ3v) is 4.97. The molecular formula is C14H23N3O3S. The van der Waals surface area contributed by atoms with E-state index in [1.54, 1.807) is 0 Å². The zero-order valence-electron chi connectivity index (χ0n) is 12.8.